The Labute approximate surface area is 202 Å². The molecule has 9 nitrogen and oxygen atoms in total. The minimum atomic E-state index is -1.40. The third-order valence-electron chi connectivity index (χ3n) is 7.69. The van der Waals surface area contributed by atoms with Crippen LogP contribution in [0.5, 0.6) is 0 Å². The van der Waals surface area contributed by atoms with E-state index in [9.17, 15) is 19.2 Å². The van der Waals surface area contributed by atoms with Gasteiger partial charge in [-0.1, -0.05) is 36.4 Å². The lowest BCUT2D eigenvalue weighted by Crippen LogP contribution is -2.56. The second kappa shape index (κ2) is 8.00. The first kappa shape index (κ1) is 21.9. The van der Waals surface area contributed by atoms with Gasteiger partial charge in [-0.15, -0.1) is 0 Å². The number of imide groups is 1. The minimum Gasteiger partial charge on any atom is -0.378 e. The average molecular weight is 475 g/mol. The Hall–Kier alpha value is -3.56. The Morgan fingerprint density at radius 1 is 1.00 bits per heavy atom. The van der Waals surface area contributed by atoms with Gasteiger partial charge in [0, 0.05) is 30.4 Å². The summed E-state index contributed by atoms with van der Waals surface area (Å²) in [6, 6.07) is 15.6. The van der Waals surface area contributed by atoms with E-state index in [0.29, 0.717) is 43.2 Å². The molecule has 1 spiro atoms. The van der Waals surface area contributed by atoms with Crippen molar-refractivity contribution in [1.29, 1.82) is 0 Å². The van der Waals surface area contributed by atoms with Crippen LogP contribution < -0.4 is 15.1 Å². The number of morpholine rings is 1. The molecular formula is C26H26N4O5. The van der Waals surface area contributed by atoms with E-state index in [1.54, 1.807) is 35.2 Å². The zero-order valence-corrected chi connectivity index (χ0v) is 19.3. The highest BCUT2D eigenvalue weighted by molar-refractivity contribution is 6.26. The van der Waals surface area contributed by atoms with Crippen LogP contribution in [-0.2, 0) is 29.5 Å². The summed E-state index contributed by atoms with van der Waals surface area (Å²) in [6.45, 7) is 3.60. The number of ether oxygens (including phenoxy) is 1. The predicted octanol–water partition coefficient (Wildman–Crippen LogP) is 0.885. The fourth-order valence-corrected chi connectivity index (χ4v) is 6.15. The number of carbonyl (C=O) groups excluding carboxylic acids is 4. The summed E-state index contributed by atoms with van der Waals surface area (Å²) in [4.78, 5) is 59.0. The molecule has 3 saturated heterocycles. The van der Waals surface area contributed by atoms with Gasteiger partial charge in [0.1, 0.15) is 12.1 Å². The van der Waals surface area contributed by atoms with Crippen molar-refractivity contribution < 1.29 is 23.9 Å². The fraction of sp³-hybridized carbons (Fsp3) is 0.385. The zero-order chi connectivity index (χ0) is 24.3. The van der Waals surface area contributed by atoms with Crippen LogP contribution in [0.3, 0.4) is 0 Å². The number of hydrogen-bond donors (Lipinski definition) is 1. The highest BCUT2D eigenvalue weighted by Crippen LogP contribution is 2.54. The summed E-state index contributed by atoms with van der Waals surface area (Å²) >= 11 is 0. The third-order valence-corrected chi connectivity index (χ3v) is 7.69. The minimum absolute atomic E-state index is 0.129. The van der Waals surface area contributed by atoms with Crippen molar-refractivity contribution in [3.8, 4) is 0 Å². The van der Waals surface area contributed by atoms with Gasteiger partial charge in [0.25, 0.3) is 5.91 Å². The number of benzene rings is 2. The van der Waals surface area contributed by atoms with Gasteiger partial charge in [-0.2, -0.15) is 0 Å². The summed E-state index contributed by atoms with van der Waals surface area (Å²) in [5.41, 5.74) is 0.327. The van der Waals surface area contributed by atoms with E-state index in [0.717, 1.165) is 0 Å². The average Bonchev–Trinajstić information content (AvgIpc) is 3.43. The summed E-state index contributed by atoms with van der Waals surface area (Å²) in [6.07, 6.45) is 0. The second-order valence-electron chi connectivity index (χ2n) is 9.49. The van der Waals surface area contributed by atoms with Crippen LogP contribution >= 0.6 is 0 Å². The molecule has 4 amide bonds. The van der Waals surface area contributed by atoms with E-state index < -0.39 is 29.3 Å². The van der Waals surface area contributed by atoms with Gasteiger partial charge in [-0.25, -0.2) is 4.90 Å². The van der Waals surface area contributed by atoms with Gasteiger partial charge in [-0.05, 0) is 25.1 Å². The summed E-state index contributed by atoms with van der Waals surface area (Å²) in [5.74, 6) is -2.83. The van der Waals surface area contributed by atoms with Crippen molar-refractivity contribution in [2.75, 3.05) is 42.6 Å². The molecular weight excluding hydrogens is 448 g/mol. The highest BCUT2D eigenvalue weighted by atomic mass is 16.5. The van der Waals surface area contributed by atoms with E-state index >= 15 is 0 Å². The molecule has 4 heterocycles. The largest absolute Gasteiger partial charge is 0.378 e. The quantitative estimate of drug-likeness (QED) is 0.664. The second-order valence-corrected chi connectivity index (χ2v) is 9.49. The van der Waals surface area contributed by atoms with E-state index in [-0.39, 0.29) is 24.3 Å². The summed E-state index contributed by atoms with van der Waals surface area (Å²) in [7, 11) is 0. The molecule has 180 valence electrons. The molecule has 2 aromatic carbocycles. The van der Waals surface area contributed by atoms with E-state index in [4.69, 9.17) is 4.74 Å². The monoisotopic (exact) mass is 474 g/mol. The van der Waals surface area contributed by atoms with E-state index in [1.807, 2.05) is 31.2 Å². The van der Waals surface area contributed by atoms with Crippen molar-refractivity contribution >= 4 is 35.0 Å². The fourth-order valence-electron chi connectivity index (χ4n) is 6.15. The standard InChI is InChI=1S/C26H26N4O5/c1-16-21-22(24(33)30(23(21)32)17-7-3-2-4-8-17)26(27-16)18-9-5-6-10-19(18)29(25(26)34)15-20(31)28-11-13-35-14-12-28/h2-10,16,21-22,27H,11-15H2,1H3. The Balaban J connectivity index is 1.40. The number of rotatable bonds is 3. The van der Waals surface area contributed by atoms with Crippen LogP contribution in [0.2, 0.25) is 0 Å². The third kappa shape index (κ3) is 3.01. The molecule has 0 saturated carbocycles. The molecule has 4 aliphatic rings. The molecule has 1 N–H and O–H groups in total. The Morgan fingerprint density at radius 3 is 2.43 bits per heavy atom. The number of para-hydroxylation sites is 2. The first-order valence-electron chi connectivity index (χ1n) is 11.9. The normalized spacial score (nSPS) is 29.8. The van der Waals surface area contributed by atoms with Gasteiger partial charge in [0.05, 0.1) is 30.7 Å². The van der Waals surface area contributed by atoms with Crippen molar-refractivity contribution in [3.05, 3.63) is 60.2 Å². The van der Waals surface area contributed by atoms with Crippen LogP contribution in [-0.4, -0.2) is 67.4 Å². The molecule has 2 aromatic rings. The maximum Gasteiger partial charge on any atom is 0.253 e. The predicted molar refractivity (Wildman–Crippen MR) is 126 cm³/mol. The molecule has 3 fully saturated rings. The summed E-state index contributed by atoms with van der Waals surface area (Å²) < 4.78 is 5.34. The van der Waals surface area contributed by atoms with Crippen molar-refractivity contribution in [2.45, 2.75) is 18.5 Å². The molecule has 35 heavy (non-hydrogen) atoms. The van der Waals surface area contributed by atoms with E-state index in [1.165, 1.54) is 9.80 Å². The van der Waals surface area contributed by atoms with Crippen LogP contribution in [0.4, 0.5) is 11.4 Å². The van der Waals surface area contributed by atoms with Crippen molar-refractivity contribution in [3.63, 3.8) is 0 Å². The molecule has 0 bridgehead atoms. The van der Waals surface area contributed by atoms with Crippen LogP contribution in [0.1, 0.15) is 12.5 Å². The van der Waals surface area contributed by atoms with Gasteiger partial charge in [-0.3, -0.25) is 24.5 Å². The number of nitrogens with zero attached hydrogens (tertiary/aromatic N) is 3. The van der Waals surface area contributed by atoms with Gasteiger partial charge >= 0.3 is 0 Å². The van der Waals surface area contributed by atoms with E-state index in [2.05, 4.69) is 5.32 Å². The number of carbonyl (C=O) groups is 4. The lowest BCUT2D eigenvalue weighted by Gasteiger charge is -2.31. The number of nitrogens with one attached hydrogen (secondary N) is 1. The topological polar surface area (TPSA) is 99.3 Å². The van der Waals surface area contributed by atoms with Crippen LogP contribution in [0.15, 0.2) is 54.6 Å². The van der Waals surface area contributed by atoms with Crippen molar-refractivity contribution in [2.24, 2.45) is 11.8 Å². The molecule has 0 aliphatic carbocycles. The Bertz CT molecular complexity index is 1230. The summed E-state index contributed by atoms with van der Waals surface area (Å²) in [5, 5.41) is 3.35. The lowest BCUT2D eigenvalue weighted by molar-refractivity contribution is -0.136. The maximum absolute atomic E-state index is 14.2. The lowest BCUT2D eigenvalue weighted by atomic mass is 9.76. The van der Waals surface area contributed by atoms with Crippen LogP contribution in [0.25, 0.3) is 0 Å². The Morgan fingerprint density at radius 2 is 1.69 bits per heavy atom. The van der Waals surface area contributed by atoms with Crippen LogP contribution in [0, 0.1) is 11.8 Å². The van der Waals surface area contributed by atoms with Crippen molar-refractivity contribution in [1.82, 2.24) is 10.2 Å². The number of anilines is 2. The van der Waals surface area contributed by atoms with Gasteiger partial charge in [0.2, 0.25) is 17.7 Å². The number of hydrogen-bond acceptors (Lipinski definition) is 6. The first-order chi connectivity index (χ1) is 16.9. The highest BCUT2D eigenvalue weighted by Gasteiger charge is 2.71. The molecule has 4 unspecified atom stereocenters. The maximum atomic E-state index is 14.2. The smallest absolute Gasteiger partial charge is 0.253 e. The molecule has 0 radical (unpaired) electrons. The Kier molecular flexibility index (Phi) is 5.01. The molecule has 0 aromatic heterocycles. The zero-order valence-electron chi connectivity index (χ0n) is 19.3. The molecule has 6 rings (SSSR count). The number of fused-ring (bicyclic) bond motifs is 4. The number of amides is 4. The van der Waals surface area contributed by atoms with Gasteiger partial charge < -0.3 is 14.5 Å². The first-order valence-corrected chi connectivity index (χ1v) is 11.9. The SMILES string of the molecule is CC1NC2(C(=O)N(CC(=O)N3CCOCC3)c3ccccc32)C2C(=O)N(c3ccccc3)C(=O)C12. The molecule has 9 heteroatoms. The molecule has 4 atom stereocenters. The van der Waals surface area contributed by atoms with Gasteiger partial charge in [0.15, 0.2) is 0 Å². The molecule has 4 aliphatic heterocycles.